The summed E-state index contributed by atoms with van der Waals surface area (Å²) in [5, 5.41) is 6.72. The largest absolute Gasteiger partial charge is 0.367 e. The first-order chi connectivity index (χ1) is 8.09. The van der Waals surface area contributed by atoms with Crippen molar-refractivity contribution in [3.63, 3.8) is 0 Å². The third-order valence-electron chi connectivity index (χ3n) is 3.30. The van der Waals surface area contributed by atoms with Crippen molar-refractivity contribution in [1.29, 1.82) is 0 Å². The highest BCUT2D eigenvalue weighted by Crippen LogP contribution is 2.28. The van der Waals surface area contributed by atoms with E-state index in [1.807, 2.05) is 0 Å². The molecule has 0 radical (unpaired) electrons. The van der Waals surface area contributed by atoms with E-state index in [0.29, 0.717) is 5.02 Å². The van der Waals surface area contributed by atoms with Crippen LogP contribution in [-0.2, 0) is 0 Å². The quantitative estimate of drug-likeness (QED) is 0.874. The van der Waals surface area contributed by atoms with Crippen molar-refractivity contribution in [3.05, 3.63) is 23.1 Å². The second kappa shape index (κ2) is 5.19. The molecule has 0 unspecified atom stereocenters. The van der Waals surface area contributed by atoms with Gasteiger partial charge < -0.3 is 10.6 Å². The first-order valence-corrected chi connectivity index (χ1v) is 6.23. The van der Waals surface area contributed by atoms with Gasteiger partial charge in [-0.3, -0.25) is 0 Å². The van der Waals surface area contributed by atoms with Gasteiger partial charge in [0.15, 0.2) is 11.6 Å². The Labute approximate surface area is 106 Å². The molecule has 2 rings (SSSR count). The first kappa shape index (κ1) is 12.6. The molecule has 0 atom stereocenters. The van der Waals surface area contributed by atoms with Crippen LogP contribution in [0.15, 0.2) is 12.3 Å². The zero-order valence-corrected chi connectivity index (χ0v) is 10.6. The predicted octanol–water partition coefficient (Wildman–Crippen LogP) is 2.68. The van der Waals surface area contributed by atoms with Gasteiger partial charge in [0.25, 0.3) is 0 Å². The minimum Gasteiger partial charge on any atom is -0.367 e. The Morgan fingerprint density at radius 1 is 1.53 bits per heavy atom. The van der Waals surface area contributed by atoms with Crippen LogP contribution in [0.4, 0.5) is 10.2 Å². The number of rotatable bonds is 3. The summed E-state index contributed by atoms with van der Waals surface area (Å²) in [6.45, 7) is 5.00. The van der Waals surface area contributed by atoms with Crippen molar-refractivity contribution < 1.29 is 4.39 Å². The molecule has 1 aliphatic rings. The highest BCUT2D eigenvalue weighted by molar-refractivity contribution is 6.30. The lowest BCUT2D eigenvalue weighted by Crippen LogP contribution is -2.39. The lowest BCUT2D eigenvalue weighted by molar-refractivity contribution is 0.247. The number of aromatic nitrogens is 1. The minimum atomic E-state index is -0.393. The molecule has 0 spiro atoms. The fourth-order valence-corrected chi connectivity index (χ4v) is 2.19. The van der Waals surface area contributed by atoms with Crippen molar-refractivity contribution >= 4 is 17.4 Å². The van der Waals surface area contributed by atoms with E-state index < -0.39 is 5.82 Å². The number of pyridine rings is 1. The fourth-order valence-electron chi connectivity index (χ4n) is 2.05. The van der Waals surface area contributed by atoms with E-state index in [1.54, 1.807) is 0 Å². The van der Waals surface area contributed by atoms with Gasteiger partial charge in [-0.15, -0.1) is 0 Å². The first-order valence-electron chi connectivity index (χ1n) is 5.85. The molecule has 0 amide bonds. The summed E-state index contributed by atoms with van der Waals surface area (Å²) in [7, 11) is 0. The zero-order chi connectivity index (χ0) is 12.3. The Balaban J connectivity index is 1.97. The summed E-state index contributed by atoms with van der Waals surface area (Å²) in [4.78, 5) is 3.96. The average Bonchev–Trinajstić information content (AvgIpc) is 2.29. The van der Waals surface area contributed by atoms with Gasteiger partial charge in [0.2, 0.25) is 0 Å². The minimum absolute atomic E-state index is 0.207. The van der Waals surface area contributed by atoms with Gasteiger partial charge in [-0.25, -0.2) is 9.37 Å². The highest BCUT2D eigenvalue weighted by atomic mass is 35.5. The van der Waals surface area contributed by atoms with E-state index in [0.717, 1.165) is 32.5 Å². The molecular formula is C12H17ClFN3. The smallest absolute Gasteiger partial charge is 0.166 e. The third-order valence-corrected chi connectivity index (χ3v) is 3.51. The van der Waals surface area contributed by atoms with Crippen molar-refractivity contribution in [2.24, 2.45) is 5.41 Å². The normalized spacial score (nSPS) is 19.0. The summed E-state index contributed by atoms with van der Waals surface area (Å²) in [6, 6.07) is 1.28. The van der Waals surface area contributed by atoms with Gasteiger partial charge in [-0.05, 0) is 37.4 Å². The molecule has 5 heteroatoms. The second-order valence-electron chi connectivity index (χ2n) is 4.90. The number of piperidine rings is 1. The Morgan fingerprint density at radius 2 is 2.24 bits per heavy atom. The molecule has 0 aromatic carbocycles. The van der Waals surface area contributed by atoms with Crippen LogP contribution in [-0.4, -0.2) is 24.6 Å². The van der Waals surface area contributed by atoms with Crippen molar-refractivity contribution in [2.45, 2.75) is 19.8 Å². The average molecular weight is 258 g/mol. The topological polar surface area (TPSA) is 37.0 Å². The molecule has 0 saturated carbocycles. The van der Waals surface area contributed by atoms with Crippen LogP contribution >= 0.6 is 11.6 Å². The summed E-state index contributed by atoms with van der Waals surface area (Å²) in [5.41, 5.74) is 0.207. The van der Waals surface area contributed by atoms with Crippen LogP contribution < -0.4 is 10.6 Å². The maximum Gasteiger partial charge on any atom is 0.166 e. The predicted molar refractivity (Wildman–Crippen MR) is 67.9 cm³/mol. The van der Waals surface area contributed by atoms with E-state index >= 15 is 0 Å². The fraction of sp³-hybridized carbons (Fsp3) is 0.583. The monoisotopic (exact) mass is 257 g/mol. The number of halogens is 2. The molecule has 2 N–H and O–H groups in total. The van der Waals surface area contributed by atoms with Crippen LogP contribution in [0.1, 0.15) is 19.8 Å². The number of hydrogen-bond acceptors (Lipinski definition) is 3. The number of nitrogens with zero attached hydrogens (tertiary/aromatic N) is 1. The van der Waals surface area contributed by atoms with Crippen molar-refractivity contribution in [1.82, 2.24) is 10.3 Å². The molecule has 1 aromatic heterocycles. The molecule has 1 aliphatic heterocycles. The Hall–Kier alpha value is -0.870. The highest BCUT2D eigenvalue weighted by Gasteiger charge is 2.26. The van der Waals surface area contributed by atoms with Gasteiger partial charge in [-0.2, -0.15) is 0 Å². The number of anilines is 1. The Kier molecular flexibility index (Phi) is 3.84. The molecular weight excluding hydrogens is 241 g/mol. The molecule has 1 aromatic rings. The molecule has 1 saturated heterocycles. The molecule has 0 bridgehead atoms. The molecule has 1 fully saturated rings. The van der Waals surface area contributed by atoms with Crippen molar-refractivity contribution in [3.8, 4) is 0 Å². The number of hydrogen-bond donors (Lipinski definition) is 2. The van der Waals surface area contributed by atoms with Gasteiger partial charge in [0, 0.05) is 12.7 Å². The Bertz CT molecular complexity index is 391. The molecule has 17 heavy (non-hydrogen) atoms. The van der Waals surface area contributed by atoms with Crippen LogP contribution in [0, 0.1) is 11.2 Å². The van der Waals surface area contributed by atoms with E-state index in [2.05, 4.69) is 22.5 Å². The van der Waals surface area contributed by atoms with Gasteiger partial charge in [-0.1, -0.05) is 18.5 Å². The van der Waals surface area contributed by atoms with Crippen LogP contribution in [0.3, 0.4) is 0 Å². The number of nitrogens with one attached hydrogen (secondary N) is 2. The van der Waals surface area contributed by atoms with E-state index in [1.165, 1.54) is 12.3 Å². The third kappa shape index (κ3) is 3.30. The lowest BCUT2D eigenvalue weighted by atomic mass is 9.81. The van der Waals surface area contributed by atoms with Gasteiger partial charge in [0.1, 0.15) is 0 Å². The zero-order valence-electron chi connectivity index (χ0n) is 9.89. The Morgan fingerprint density at radius 3 is 2.88 bits per heavy atom. The summed E-state index contributed by atoms with van der Waals surface area (Å²) < 4.78 is 13.5. The van der Waals surface area contributed by atoms with Crippen LogP contribution in [0.5, 0.6) is 0 Å². The molecule has 0 aliphatic carbocycles. The lowest BCUT2D eigenvalue weighted by Gasteiger charge is -2.34. The molecule has 2 heterocycles. The maximum absolute atomic E-state index is 13.5. The summed E-state index contributed by atoms with van der Waals surface area (Å²) in [6.07, 6.45) is 3.64. The molecule has 3 nitrogen and oxygen atoms in total. The van der Waals surface area contributed by atoms with Gasteiger partial charge in [0.05, 0.1) is 5.02 Å². The van der Waals surface area contributed by atoms with E-state index in [-0.39, 0.29) is 11.2 Å². The van der Waals surface area contributed by atoms with Crippen LogP contribution in [0.25, 0.3) is 0 Å². The van der Waals surface area contributed by atoms with E-state index in [4.69, 9.17) is 11.6 Å². The molecule has 94 valence electrons. The van der Waals surface area contributed by atoms with Gasteiger partial charge >= 0.3 is 0 Å². The van der Waals surface area contributed by atoms with Crippen molar-refractivity contribution in [2.75, 3.05) is 25.0 Å². The maximum atomic E-state index is 13.5. The summed E-state index contributed by atoms with van der Waals surface area (Å²) in [5.74, 6) is -0.107. The van der Waals surface area contributed by atoms with E-state index in [9.17, 15) is 4.39 Å². The second-order valence-corrected chi connectivity index (χ2v) is 5.33. The standard InChI is InChI=1S/C12H17ClFN3/c1-12(2-4-15-5-3-12)8-17-11-10(14)6-9(13)7-16-11/h6-7,15H,2-5,8H2,1H3,(H,16,17). The SMILES string of the molecule is CC1(CNc2ncc(Cl)cc2F)CCNCC1. The van der Waals surface area contributed by atoms with Crippen LogP contribution in [0.2, 0.25) is 5.02 Å². The summed E-state index contributed by atoms with van der Waals surface area (Å²) >= 11 is 5.65.